The van der Waals surface area contributed by atoms with Gasteiger partial charge in [-0.15, -0.1) is 11.8 Å². The number of halogens is 2. The van der Waals surface area contributed by atoms with Crippen LogP contribution in [0, 0.1) is 11.6 Å². The Labute approximate surface area is 80.3 Å². The molecule has 0 bridgehead atoms. The van der Waals surface area contributed by atoms with Crippen molar-refractivity contribution < 1.29 is 8.78 Å². The summed E-state index contributed by atoms with van der Waals surface area (Å²) in [7, 11) is 0. The zero-order chi connectivity index (χ0) is 9.84. The monoisotopic (exact) mass is 203 g/mol. The second-order valence-electron chi connectivity index (χ2n) is 2.74. The molecule has 1 nitrogen and oxygen atoms in total. The number of thioether (sulfide) groups is 1. The zero-order valence-corrected chi connectivity index (χ0v) is 8.07. The second-order valence-corrected chi connectivity index (χ2v) is 4.22. The fourth-order valence-corrected chi connectivity index (χ4v) is 1.68. The first-order valence-corrected chi connectivity index (χ1v) is 4.83. The summed E-state index contributed by atoms with van der Waals surface area (Å²) in [5.74, 6) is -1.08. The number of benzene rings is 1. The average molecular weight is 203 g/mol. The van der Waals surface area contributed by atoms with E-state index in [1.54, 1.807) is 0 Å². The highest BCUT2D eigenvalue weighted by Gasteiger charge is 2.07. The molecule has 0 heterocycles. The lowest BCUT2D eigenvalue weighted by Gasteiger charge is -2.08. The van der Waals surface area contributed by atoms with Crippen molar-refractivity contribution in [3.63, 3.8) is 0 Å². The molecule has 0 aliphatic rings. The van der Waals surface area contributed by atoms with Crippen molar-refractivity contribution in [2.45, 2.75) is 17.1 Å². The number of nitrogens with two attached hydrogens (primary N) is 1. The SMILES string of the molecule is CC(CN)Sc1ccc(F)cc1F. The van der Waals surface area contributed by atoms with Gasteiger partial charge >= 0.3 is 0 Å². The first-order chi connectivity index (χ1) is 6.13. The van der Waals surface area contributed by atoms with Crippen LogP contribution in [0.1, 0.15) is 6.92 Å². The molecule has 1 rings (SSSR count). The lowest BCUT2D eigenvalue weighted by molar-refractivity contribution is 0.565. The van der Waals surface area contributed by atoms with Gasteiger partial charge in [0.2, 0.25) is 0 Å². The van der Waals surface area contributed by atoms with Gasteiger partial charge in [-0.05, 0) is 12.1 Å². The Morgan fingerprint density at radius 1 is 1.46 bits per heavy atom. The van der Waals surface area contributed by atoms with Crippen LogP contribution in [0.15, 0.2) is 23.1 Å². The van der Waals surface area contributed by atoms with Gasteiger partial charge in [-0.1, -0.05) is 6.92 Å². The van der Waals surface area contributed by atoms with Gasteiger partial charge < -0.3 is 5.73 Å². The summed E-state index contributed by atoms with van der Waals surface area (Å²) in [4.78, 5) is 0.444. The minimum atomic E-state index is -0.553. The summed E-state index contributed by atoms with van der Waals surface area (Å²) >= 11 is 1.31. The summed E-state index contributed by atoms with van der Waals surface area (Å²) in [5.41, 5.74) is 5.38. The molecule has 0 radical (unpaired) electrons. The van der Waals surface area contributed by atoms with E-state index in [1.165, 1.54) is 23.9 Å². The van der Waals surface area contributed by atoms with E-state index >= 15 is 0 Å². The van der Waals surface area contributed by atoms with Crippen molar-refractivity contribution in [1.82, 2.24) is 0 Å². The van der Waals surface area contributed by atoms with Crippen molar-refractivity contribution in [2.75, 3.05) is 6.54 Å². The van der Waals surface area contributed by atoms with Crippen LogP contribution in [0.5, 0.6) is 0 Å². The van der Waals surface area contributed by atoms with E-state index in [9.17, 15) is 8.78 Å². The molecule has 0 aliphatic heterocycles. The summed E-state index contributed by atoms with van der Waals surface area (Å²) < 4.78 is 25.5. The van der Waals surface area contributed by atoms with Crippen LogP contribution < -0.4 is 5.73 Å². The molecule has 0 fully saturated rings. The van der Waals surface area contributed by atoms with Gasteiger partial charge in [0.15, 0.2) is 0 Å². The van der Waals surface area contributed by atoms with Crippen LogP contribution in [-0.2, 0) is 0 Å². The highest BCUT2D eigenvalue weighted by Crippen LogP contribution is 2.25. The molecule has 13 heavy (non-hydrogen) atoms. The van der Waals surface area contributed by atoms with E-state index in [2.05, 4.69) is 0 Å². The molecule has 1 aromatic carbocycles. The third-order valence-electron chi connectivity index (χ3n) is 1.55. The summed E-state index contributed by atoms with van der Waals surface area (Å²) in [6.45, 7) is 2.37. The van der Waals surface area contributed by atoms with Gasteiger partial charge in [-0.25, -0.2) is 8.78 Å². The Balaban J connectivity index is 2.77. The van der Waals surface area contributed by atoms with Crippen molar-refractivity contribution in [2.24, 2.45) is 5.73 Å². The Kier molecular flexibility index (Phi) is 3.69. The second kappa shape index (κ2) is 4.58. The van der Waals surface area contributed by atoms with Gasteiger partial charge in [0.05, 0.1) is 0 Å². The van der Waals surface area contributed by atoms with Crippen molar-refractivity contribution in [3.05, 3.63) is 29.8 Å². The fourth-order valence-electron chi connectivity index (χ4n) is 0.836. The van der Waals surface area contributed by atoms with E-state index in [0.29, 0.717) is 11.4 Å². The van der Waals surface area contributed by atoms with E-state index in [1.807, 2.05) is 6.92 Å². The van der Waals surface area contributed by atoms with Gasteiger partial charge in [-0.3, -0.25) is 0 Å². The van der Waals surface area contributed by atoms with Crippen LogP contribution in [0.2, 0.25) is 0 Å². The highest BCUT2D eigenvalue weighted by molar-refractivity contribution is 8.00. The molecule has 0 saturated heterocycles. The third-order valence-corrected chi connectivity index (χ3v) is 2.73. The largest absolute Gasteiger partial charge is 0.329 e. The first kappa shape index (κ1) is 10.5. The van der Waals surface area contributed by atoms with E-state index in [-0.39, 0.29) is 5.25 Å². The molecule has 72 valence electrons. The molecule has 1 unspecified atom stereocenters. The Morgan fingerprint density at radius 3 is 2.69 bits per heavy atom. The minimum Gasteiger partial charge on any atom is -0.329 e. The van der Waals surface area contributed by atoms with Gasteiger partial charge in [0.25, 0.3) is 0 Å². The quantitative estimate of drug-likeness (QED) is 0.763. The molecule has 0 saturated carbocycles. The molecule has 4 heteroatoms. The van der Waals surface area contributed by atoms with E-state index in [4.69, 9.17) is 5.73 Å². The van der Waals surface area contributed by atoms with E-state index in [0.717, 1.165) is 6.07 Å². The molecule has 0 aromatic heterocycles. The van der Waals surface area contributed by atoms with Crippen LogP contribution >= 0.6 is 11.8 Å². The average Bonchev–Trinajstić information content (AvgIpc) is 2.09. The first-order valence-electron chi connectivity index (χ1n) is 3.95. The third kappa shape index (κ3) is 2.97. The maximum Gasteiger partial charge on any atom is 0.139 e. The topological polar surface area (TPSA) is 26.0 Å². The molecular formula is C9H11F2NS. The smallest absolute Gasteiger partial charge is 0.139 e. The maximum absolute atomic E-state index is 13.0. The van der Waals surface area contributed by atoms with Crippen molar-refractivity contribution >= 4 is 11.8 Å². The maximum atomic E-state index is 13.0. The predicted octanol–water partition coefficient (Wildman–Crippen LogP) is 2.40. The van der Waals surface area contributed by atoms with Crippen LogP contribution in [-0.4, -0.2) is 11.8 Å². The molecule has 1 aromatic rings. The van der Waals surface area contributed by atoms with Crippen LogP contribution in [0.3, 0.4) is 0 Å². The summed E-state index contributed by atoms with van der Waals surface area (Å²) in [5, 5.41) is 0.139. The summed E-state index contributed by atoms with van der Waals surface area (Å²) in [6.07, 6.45) is 0. The van der Waals surface area contributed by atoms with Gasteiger partial charge in [0.1, 0.15) is 11.6 Å². The standard InChI is InChI=1S/C9H11F2NS/c1-6(5-12)13-9-3-2-7(10)4-8(9)11/h2-4,6H,5,12H2,1H3. The Bertz CT molecular complexity index is 291. The molecule has 0 spiro atoms. The molecular weight excluding hydrogens is 192 g/mol. The lowest BCUT2D eigenvalue weighted by Crippen LogP contribution is -2.12. The van der Waals surface area contributed by atoms with Crippen molar-refractivity contribution in [3.8, 4) is 0 Å². The van der Waals surface area contributed by atoms with Crippen LogP contribution in [0.4, 0.5) is 8.78 Å². The molecule has 2 N–H and O–H groups in total. The number of hydrogen-bond acceptors (Lipinski definition) is 2. The fraction of sp³-hybridized carbons (Fsp3) is 0.333. The lowest BCUT2D eigenvalue weighted by atomic mass is 10.3. The predicted molar refractivity (Wildman–Crippen MR) is 50.7 cm³/mol. The van der Waals surface area contributed by atoms with E-state index < -0.39 is 11.6 Å². The zero-order valence-electron chi connectivity index (χ0n) is 7.26. The van der Waals surface area contributed by atoms with Gasteiger partial charge in [-0.2, -0.15) is 0 Å². The highest BCUT2D eigenvalue weighted by atomic mass is 32.2. The molecule has 1 atom stereocenters. The van der Waals surface area contributed by atoms with Crippen molar-refractivity contribution in [1.29, 1.82) is 0 Å². The molecule has 0 aliphatic carbocycles. The number of hydrogen-bond donors (Lipinski definition) is 1. The minimum absolute atomic E-state index is 0.139. The number of rotatable bonds is 3. The van der Waals surface area contributed by atoms with Crippen LogP contribution in [0.25, 0.3) is 0 Å². The Morgan fingerprint density at radius 2 is 2.15 bits per heavy atom. The Hall–Kier alpha value is -0.610. The summed E-state index contributed by atoms with van der Waals surface area (Å²) in [6, 6.07) is 3.56. The molecule has 0 amide bonds. The normalized spacial score (nSPS) is 12.9. The van der Waals surface area contributed by atoms with Gasteiger partial charge in [0, 0.05) is 22.8 Å².